The molecule has 0 unspecified atom stereocenters. The Kier molecular flexibility index (Phi) is 8.62. The monoisotopic (exact) mass is 862 g/mol. The lowest BCUT2D eigenvalue weighted by molar-refractivity contribution is 1.30. The van der Waals surface area contributed by atoms with Gasteiger partial charge in [-0.15, -0.1) is 0 Å². The van der Waals surface area contributed by atoms with Crippen molar-refractivity contribution >= 4 is 110 Å². The molecule has 14 aromatic carbocycles. The third-order valence-corrected chi connectivity index (χ3v) is 14.3. The molecule has 0 N–H and O–H groups in total. The standard InChI is InChI=1S/C66H42N2/c1-3-15-51(16-4-1)67(61-41-31-49-23-21-45-11-9-13-47-29-37-59(61)65(49)63(45)47)53-33-25-43(26-34-53)55-39-40-56(58-20-8-7-19-57(55)58)44-27-35-54(36-28-44)68(52-17-5-2-6-18-52)62-42-32-50-24-22-46-12-10-14-48-30-38-60(62)66(50)64(46)48/h1-42H. The van der Waals surface area contributed by atoms with E-state index in [-0.39, 0.29) is 0 Å². The predicted octanol–water partition coefficient (Wildman–Crippen LogP) is 18.9. The Balaban J connectivity index is 0.839. The van der Waals surface area contributed by atoms with Gasteiger partial charge in [-0.2, -0.15) is 0 Å². The minimum Gasteiger partial charge on any atom is -0.310 e. The van der Waals surface area contributed by atoms with E-state index in [1.807, 2.05) is 0 Å². The molecule has 316 valence electrons. The number of anilines is 6. The van der Waals surface area contributed by atoms with Crippen LogP contribution >= 0.6 is 0 Å². The van der Waals surface area contributed by atoms with Crippen LogP contribution in [0.25, 0.3) is 97.7 Å². The van der Waals surface area contributed by atoms with Crippen LogP contribution in [0.2, 0.25) is 0 Å². The van der Waals surface area contributed by atoms with E-state index in [2.05, 4.69) is 265 Å². The molecule has 2 nitrogen and oxygen atoms in total. The Morgan fingerprint density at radius 3 is 0.912 bits per heavy atom. The van der Waals surface area contributed by atoms with Gasteiger partial charge in [-0.3, -0.25) is 0 Å². The molecular formula is C66H42N2. The Hall–Kier alpha value is -8.98. The fourth-order valence-corrected chi connectivity index (χ4v) is 11.2. The zero-order chi connectivity index (χ0) is 44.7. The van der Waals surface area contributed by atoms with Crippen molar-refractivity contribution in [3.05, 3.63) is 255 Å². The van der Waals surface area contributed by atoms with Crippen LogP contribution in [0.15, 0.2) is 255 Å². The summed E-state index contributed by atoms with van der Waals surface area (Å²) in [6.07, 6.45) is 0. The van der Waals surface area contributed by atoms with Crippen molar-refractivity contribution in [2.45, 2.75) is 0 Å². The quantitative estimate of drug-likeness (QED) is 0.140. The first-order valence-corrected chi connectivity index (χ1v) is 23.5. The summed E-state index contributed by atoms with van der Waals surface area (Å²) in [6.45, 7) is 0. The summed E-state index contributed by atoms with van der Waals surface area (Å²) in [5.74, 6) is 0. The molecule has 0 aliphatic rings. The third-order valence-electron chi connectivity index (χ3n) is 14.3. The fraction of sp³-hybridized carbons (Fsp3) is 0. The summed E-state index contributed by atoms with van der Waals surface area (Å²) in [5.41, 5.74) is 11.6. The Morgan fingerprint density at radius 1 is 0.191 bits per heavy atom. The van der Waals surface area contributed by atoms with Crippen LogP contribution < -0.4 is 9.80 Å². The first kappa shape index (κ1) is 38.3. The number of benzene rings is 14. The maximum Gasteiger partial charge on any atom is 0.0540 e. The van der Waals surface area contributed by atoms with Gasteiger partial charge < -0.3 is 9.80 Å². The Morgan fingerprint density at radius 2 is 0.515 bits per heavy atom. The van der Waals surface area contributed by atoms with E-state index in [0.717, 1.165) is 22.7 Å². The minimum absolute atomic E-state index is 1.11. The number of hydrogen-bond acceptors (Lipinski definition) is 2. The van der Waals surface area contributed by atoms with Crippen molar-refractivity contribution in [2.75, 3.05) is 9.80 Å². The topological polar surface area (TPSA) is 6.48 Å². The highest BCUT2D eigenvalue weighted by Gasteiger charge is 2.21. The molecule has 0 saturated carbocycles. The van der Waals surface area contributed by atoms with Gasteiger partial charge in [-0.25, -0.2) is 0 Å². The second-order valence-corrected chi connectivity index (χ2v) is 18.0. The van der Waals surface area contributed by atoms with Crippen molar-refractivity contribution in [1.29, 1.82) is 0 Å². The van der Waals surface area contributed by atoms with Gasteiger partial charge in [0.15, 0.2) is 0 Å². The van der Waals surface area contributed by atoms with Gasteiger partial charge in [-0.05, 0) is 148 Å². The smallest absolute Gasteiger partial charge is 0.0540 e. The van der Waals surface area contributed by atoms with Crippen LogP contribution in [-0.2, 0) is 0 Å². The molecule has 14 aromatic rings. The van der Waals surface area contributed by atoms with Crippen molar-refractivity contribution in [1.82, 2.24) is 0 Å². The summed E-state index contributed by atoms with van der Waals surface area (Å²) < 4.78 is 0. The molecule has 0 amide bonds. The number of para-hydroxylation sites is 2. The molecule has 68 heavy (non-hydrogen) atoms. The first-order valence-electron chi connectivity index (χ1n) is 23.5. The molecule has 0 bridgehead atoms. The average molecular weight is 863 g/mol. The van der Waals surface area contributed by atoms with E-state index in [4.69, 9.17) is 0 Å². The summed E-state index contributed by atoms with van der Waals surface area (Å²) in [4.78, 5) is 4.81. The van der Waals surface area contributed by atoms with Crippen molar-refractivity contribution in [3.8, 4) is 22.3 Å². The second kappa shape index (κ2) is 15.3. The van der Waals surface area contributed by atoms with Gasteiger partial charge in [0.05, 0.1) is 11.4 Å². The van der Waals surface area contributed by atoms with E-state index in [0.29, 0.717) is 0 Å². The molecule has 0 radical (unpaired) electrons. The van der Waals surface area contributed by atoms with E-state index in [1.54, 1.807) is 0 Å². The van der Waals surface area contributed by atoms with Crippen LogP contribution in [0.4, 0.5) is 34.1 Å². The lowest BCUT2D eigenvalue weighted by Crippen LogP contribution is -2.10. The number of rotatable bonds is 8. The van der Waals surface area contributed by atoms with Crippen LogP contribution in [0.3, 0.4) is 0 Å². The average Bonchev–Trinajstić information content (AvgIpc) is 3.41. The van der Waals surface area contributed by atoms with Crippen LogP contribution in [-0.4, -0.2) is 0 Å². The molecule has 2 heteroatoms. The molecule has 14 rings (SSSR count). The maximum absolute atomic E-state index is 2.41. The van der Waals surface area contributed by atoms with Gasteiger partial charge in [0.25, 0.3) is 0 Å². The van der Waals surface area contributed by atoms with Crippen molar-refractivity contribution in [3.63, 3.8) is 0 Å². The summed E-state index contributed by atoms with van der Waals surface area (Å²) in [5, 5.41) is 17.8. The maximum atomic E-state index is 2.41. The number of nitrogens with zero attached hydrogens (tertiary/aromatic N) is 2. The molecular weight excluding hydrogens is 821 g/mol. The zero-order valence-corrected chi connectivity index (χ0v) is 37.1. The summed E-state index contributed by atoms with van der Waals surface area (Å²) >= 11 is 0. The number of fused-ring (bicyclic) bond motifs is 1. The third kappa shape index (κ3) is 5.98. The highest BCUT2D eigenvalue weighted by atomic mass is 15.1. The second-order valence-electron chi connectivity index (χ2n) is 18.0. The predicted molar refractivity (Wildman–Crippen MR) is 292 cm³/mol. The van der Waals surface area contributed by atoms with E-state index >= 15 is 0 Å². The van der Waals surface area contributed by atoms with Crippen molar-refractivity contribution < 1.29 is 0 Å². The van der Waals surface area contributed by atoms with Crippen LogP contribution in [0.5, 0.6) is 0 Å². The zero-order valence-electron chi connectivity index (χ0n) is 37.1. The van der Waals surface area contributed by atoms with Crippen LogP contribution in [0, 0.1) is 0 Å². The molecule has 0 fully saturated rings. The van der Waals surface area contributed by atoms with Crippen LogP contribution in [0.1, 0.15) is 0 Å². The van der Waals surface area contributed by atoms with Gasteiger partial charge >= 0.3 is 0 Å². The summed E-state index contributed by atoms with van der Waals surface area (Å²) in [7, 11) is 0. The van der Waals surface area contributed by atoms with Gasteiger partial charge in [0.2, 0.25) is 0 Å². The Labute approximate surface area is 394 Å². The molecule has 0 spiro atoms. The normalized spacial score (nSPS) is 11.8. The molecule has 0 aromatic heterocycles. The lowest BCUT2D eigenvalue weighted by Gasteiger charge is -2.28. The highest BCUT2D eigenvalue weighted by Crippen LogP contribution is 2.47. The highest BCUT2D eigenvalue weighted by molar-refractivity contribution is 6.27. The largest absolute Gasteiger partial charge is 0.310 e. The SMILES string of the molecule is c1ccc(N(c2ccc(-c3ccc(-c4ccc(N(c5ccccc5)c5ccc6ccc7cccc8ccc5c6c78)cc4)c4ccccc34)cc2)c2ccc3ccc4cccc5ccc2c3c45)cc1. The first-order chi connectivity index (χ1) is 33.7. The van der Waals surface area contributed by atoms with E-state index < -0.39 is 0 Å². The Bertz CT molecular complexity index is 3870. The van der Waals surface area contributed by atoms with Crippen molar-refractivity contribution in [2.24, 2.45) is 0 Å². The summed E-state index contributed by atoms with van der Waals surface area (Å²) in [6, 6.07) is 93.7. The molecule has 0 aliphatic carbocycles. The van der Waals surface area contributed by atoms with E-state index in [9.17, 15) is 0 Å². The lowest BCUT2D eigenvalue weighted by atomic mass is 9.91. The number of hydrogen-bond donors (Lipinski definition) is 0. The fourth-order valence-electron chi connectivity index (χ4n) is 11.2. The van der Waals surface area contributed by atoms with Gasteiger partial charge in [0.1, 0.15) is 0 Å². The molecule has 0 aliphatic heterocycles. The molecule has 0 saturated heterocycles. The molecule has 0 atom stereocenters. The minimum atomic E-state index is 1.11. The van der Waals surface area contributed by atoms with Gasteiger partial charge in [-0.1, -0.05) is 194 Å². The van der Waals surface area contributed by atoms with Gasteiger partial charge in [0, 0.05) is 33.5 Å². The van der Waals surface area contributed by atoms with E-state index in [1.165, 1.54) is 109 Å². The molecule has 0 heterocycles.